The molecule has 1 amide bonds. The Bertz CT molecular complexity index is 620. The van der Waals surface area contributed by atoms with Crippen molar-refractivity contribution in [2.75, 3.05) is 5.32 Å². The molecular formula is C10H5BrClFN2O2S. The monoisotopic (exact) mass is 350 g/mol. The third-order valence-electron chi connectivity index (χ3n) is 2.01. The van der Waals surface area contributed by atoms with Gasteiger partial charge in [-0.2, -0.15) is 0 Å². The van der Waals surface area contributed by atoms with Crippen molar-refractivity contribution < 1.29 is 14.3 Å². The summed E-state index contributed by atoms with van der Waals surface area (Å²) in [4.78, 5) is 15.9. The lowest BCUT2D eigenvalue weighted by Gasteiger charge is -2.08. The predicted octanol–water partition coefficient (Wildman–Crippen LogP) is 3.66. The molecule has 2 aromatic rings. The van der Waals surface area contributed by atoms with Crippen molar-refractivity contribution in [3.8, 4) is 5.75 Å². The largest absolute Gasteiger partial charge is 0.505 e. The maximum atomic E-state index is 13.6. The smallest absolute Gasteiger partial charge is 0.267 e. The molecule has 0 aliphatic rings. The summed E-state index contributed by atoms with van der Waals surface area (Å²) in [5.41, 5.74) is -0.258. The molecule has 2 rings (SSSR count). The van der Waals surface area contributed by atoms with Crippen LogP contribution < -0.4 is 5.32 Å². The fourth-order valence-electron chi connectivity index (χ4n) is 1.19. The normalized spacial score (nSPS) is 10.4. The quantitative estimate of drug-likeness (QED) is 0.868. The molecular weight excluding hydrogens is 347 g/mol. The number of hydrogen-bond donors (Lipinski definition) is 2. The van der Waals surface area contributed by atoms with Gasteiger partial charge in [-0.25, -0.2) is 9.37 Å². The first-order chi connectivity index (χ1) is 8.49. The number of hydrogen-bond acceptors (Lipinski definition) is 4. The minimum absolute atomic E-state index is 0.00207. The topological polar surface area (TPSA) is 62.2 Å². The van der Waals surface area contributed by atoms with Crippen LogP contribution >= 0.6 is 38.9 Å². The van der Waals surface area contributed by atoms with Crippen molar-refractivity contribution in [3.63, 3.8) is 0 Å². The summed E-state index contributed by atoms with van der Waals surface area (Å²) < 4.78 is 14.1. The van der Waals surface area contributed by atoms with E-state index in [-0.39, 0.29) is 10.7 Å². The van der Waals surface area contributed by atoms with E-state index in [4.69, 9.17) is 11.6 Å². The highest BCUT2D eigenvalue weighted by Gasteiger charge is 2.17. The van der Waals surface area contributed by atoms with Crippen LogP contribution in [0.4, 0.5) is 10.1 Å². The molecule has 18 heavy (non-hydrogen) atoms. The number of amides is 1. The molecule has 0 unspecified atom stereocenters. The van der Waals surface area contributed by atoms with Gasteiger partial charge in [-0.05, 0) is 28.1 Å². The summed E-state index contributed by atoms with van der Waals surface area (Å²) >= 11 is 9.96. The van der Waals surface area contributed by atoms with Gasteiger partial charge in [0.2, 0.25) is 0 Å². The van der Waals surface area contributed by atoms with E-state index < -0.39 is 17.5 Å². The summed E-state index contributed by atoms with van der Waals surface area (Å²) in [5, 5.41) is 11.5. The summed E-state index contributed by atoms with van der Waals surface area (Å²) in [6.07, 6.45) is 1.35. The van der Waals surface area contributed by atoms with E-state index >= 15 is 0 Å². The number of phenols is 1. The number of aromatic hydroxyl groups is 1. The summed E-state index contributed by atoms with van der Waals surface area (Å²) in [6, 6.07) is 2.40. The zero-order chi connectivity index (χ0) is 13.3. The van der Waals surface area contributed by atoms with Gasteiger partial charge in [-0.1, -0.05) is 11.6 Å². The predicted molar refractivity (Wildman–Crippen MR) is 70.8 cm³/mol. The van der Waals surface area contributed by atoms with E-state index in [9.17, 15) is 14.3 Å². The van der Waals surface area contributed by atoms with Gasteiger partial charge in [-0.15, -0.1) is 11.3 Å². The molecule has 2 N–H and O–H groups in total. The molecule has 1 aromatic carbocycles. The highest BCUT2D eigenvalue weighted by Crippen LogP contribution is 2.31. The Morgan fingerprint density at radius 3 is 2.89 bits per heavy atom. The molecule has 4 nitrogen and oxygen atoms in total. The second-order valence-electron chi connectivity index (χ2n) is 3.19. The number of aromatic nitrogens is 1. The Morgan fingerprint density at radius 1 is 1.56 bits per heavy atom. The van der Waals surface area contributed by atoms with Gasteiger partial charge in [0.25, 0.3) is 5.91 Å². The van der Waals surface area contributed by atoms with Crippen LogP contribution in [0.5, 0.6) is 5.75 Å². The second-order valence-corrected chi connectivity index (χ2v) is 5.90. The number of nitrogens with one attached hydrogen (secondary N) is 1. The van der Waals surface area contributed by atoms with E-state index in [1.165, 1.54) is 12.3 Å². The highest BCUT2D eigenvalue weighted by molar-refractivity contribution is 9.11. The number of anilines is 1. The zero-order valence-electron chi connectivity index (χ0n) is 8.58. The molecule has 1 aromatic heterocycles. The lowest BCUT2D eigenvalue weighted by molar-refractivity contribution is 0.103. The zero-order valence-corrected chi connectivity index (χ0v) is 11.7. The van der Waals surface area contributed by atoms with Crippen LogP contribution in [0.1, 0.15) is 9.67 Å². The number of phenolic OH excluding ortho intramolecular Hbond substituents is 1. The van der Waals surface area contributed by atoms with E-state index in [0.29, 0.717) is 8.79 Å². The van der Waals surface area contributed by atoms with Gasteiger partial charge in [0.1, 0.15) is 10.6 Å². The first-order valence-corrected chi connectivity index (χ1v) is 6.57. The van der Waals surface area contributed by atoms with Crippen LogP contribution in [0.15, 0.2) is 22.2 Å². The highest BCUT2D eigenvalue weighted by atomic mass is 79.9. The van der Waals surface area contributed by atoms with Crippen LogP contribution in [0.25, 0.3) is 0 Å². The third-order valence-corrected chi connectivity index (χ3v) is 3.80. The standard InChI is InChI=1S/C10H5BrClFN2O2S/c11-10-14-3-6(18-10)9(17)15-8-4(12)1-2-5(16)7(8)13/h1-3,16H,(H,15,17). The Hall–Kier alpha value is -1.18. The van der Waals surface area contributed by atoms with Gasteiger partial charge in [0.05, 0.1) is 11.2 Å². The van der Waals surface area contributed by atoms with Gasteiger partial charge >= 0.3 is 0 Å². The van der Waals surface area contributed by atoms with Crippen LogP contribution in [0, 0.1) is 5.82 Å². The minimum atomic E-state index is -0.973. The summed E-state index contributed by atoms with van der Waals surface area (Å²) in [5.74, 6) is -2.11. The molecule has 0 aliphatic carbocycles. The van der Waals surface area contributed by atoms with Crippen molar-refractivity contribution >= 4 is 50.5 Å². The summed E-state index contributed by atoms with van der Waals surface area (Å²) in [7, 11) is 0. The number of benzene rings is 1. The van der Waals surface area contributed by atoms with E-state index in [0.717, 1.165) is 17.4 Å². The van der Waals surface area contributed by atoms with Crippen LogP contribution in [0.2, 0.25) is 5.02 Å². The van der Waals surface area contributed by atoms with Crippen molar-refractivity contribution in [2.45, 2.75) is 0 Å². The van der Waals surface area contributed by atoms with Crippen LogP contribution in [-0.4, -0.2) is 16.0 Å². The molecule has 0 saturated carbocycles. The molecule has 0 atom stereocenters. The number of thiazole rings is 1. The molecule has 94 valence electrons. The van der Waals surface area contributed by atoms with Crippen molar-refractivity contribution in [1.82, 2.24) is 4.98 Å². The molecule has 1 heterocycles. The Labute approximate surface area is 119 Å². The number of carbonyl (C=O) groups is 1. The van der Waals surface area contributed by atoms with Crippen molar-refractivity contribution in [1.29, 1.82) is 0 Å². The molecule has 0 spiro atoms. The van der Waals surface area contributed by atoms with Crippen molar-refractivity contribution in [2.24, 2.45) is 0 Å². The minimum Gasteiger partial charge on any atom is -0.505 e. The first kappa shape index (κ1) is 13.3. The Balaban J connectivity index is 2.30. The lowest BCUT2D eigenvalue weighted by atomic mass is 10.2. The lowest BCUT2D eigenvalue weighted by Crippen LogP contribution is -2.12. The molecule has 0 fully saturated rings. The fourth-order valence-corrected chi connectivity index (χ4v) is 2.54. The van der Waals surface area contributed by atoms with Crippen LogP contribution in [-0.2, 0) is 0 Å². The fraction of sp³-hybridized carbons (Fsp3) is 0. The maximum absolute atomic E-state index is 13.6. The molecule has 0 aliphatic heterocycles. The average Bonchev–Trinajstić information content (AvgIpc) is 2.76. The van der Waals surface area contributed by atoms with Gasteiger partial charge in [0.15, 0.2) is 15.5 Å². The maximum Gasteiger partial charge on any atom is 0.267 e. The van der Waals surface area contributed by atoms with E-state index in [2.05, 4.69) is 26.2 Å². The second kappa shape index (κ2) is 5.21. The third kappa shape index (κ3) is 2.63. The van der Waals surface area contributed by atoms with Gasteiger partial charge < -0.3 is 10.4 Å². The number of halogens is 3. The van der Waals surface area contributed by atoms with Gasteiger partial charge in [0, 0.05) is 0 Å². The molecule has 8 heteroatoms. The van der Waals surface area contributed by atoms with E-state index in [1.807, 2.05) is 0 Å². The number of rotatable bonds is 2. The number of nitrogens with zero attached hydrogens (tertiary/aromatic N) is 1. The van der Waals surface area contributed by atoms with E-state index in [1.54, 1.807) is 0 Å². The average molecular weight is 352 g/mol. The molecule has 0 saturated heterocycles. The molecule has 0 bridgehead atoms. The van der Waals surface area contributed by atoms with Crippen molar-refractivity contribution in [3.05, 3.63) is 38.0 Å². The Kier molecular flexibility index (Phi) is 3.84. The SMILES string of the molecule is O=C(Nc1c(Cl)ccc(O)c1F)c1cnc(Br)s1. The molecule has 0 radical (unpaired) electrons. The number of carbonyl (C=O) groups excluding carboxylic acids is 1. The Morgan fingerprint density at radius 2 is 2.28 bits per heavy atom. The first-order valence-electron chi connectivity index (χ1n) is 4.58. The summed E-state index contributed by atoms with van der Waals surface area (Å²) in [6.45, 7) is 0. The van der Waals surface area contributed by atoms with Crippen LogP contribution in [0.3, 0.4) is 0 Å². The van der Waals surface area contributed by atoms with Gasteiger partial charge in [-0.3, -0.25) is 4.79 Å².